The Morgan fingerprint density at radius 3 is 2.32 bits per heavy atom. The Balaban J connectivity index is 0.00000272. The molecule has 0 aliphatic heterocycles. The van der Waals surface area contributed by atoms with Crippen molar-refractivity contribution in [2.75, 3.05) is 12.0 Å². The molecule has 2 aromatic carbocycles. The summed E-state index contributed by atoms with van der Waals surface area (Å²) in [7, 11) is -3.30. The quantitative estimate of drug-likeness (QED) is 0.479. The molecule has 31 heavy (non-hydrogen) atoms. The van der Waals surface area contributed by atoms with E-state index in [-0.39, 0.29) is 29.5 Å². The molecule has 0 spiro atoms. The number of ketones is 1. The van der Waals surface area contributed by atoms with Crippen LogP contribution < -0.4 is 5.73 Å². The molecule has 0 amide bonds. The lowest BCUT2D eigenvalue weighted by molar-refractivity contribution is 0.103. The number of carbonyl (C=O) groups is 1. The van der Waals surface area contributed by atoms with Crippen LogP contribution in [-0.2, 0) is 9.84 Å². The molecule has 0 bridgehead atoms. The third kappa shape index (κ3) is 4.39. The normalized spacial score (nSPS) is 11.0. The van der Waals surface area contributed by atoms with E-state index in [1.165, 1.54) is 23.0 Å². The van der Waals surface area contributed by atoms with Gasteiger partial charge in [-0.05, 0) is 42.0 Å². The molecule has 0 saturated heterocycles. The van der Waals surface area contributed by atoms with E-state index in [1.54, 1.807) is 42.7 Å². The summed E-state index contributed by atoms with van der Waals surface area (Å²) in [6.45, 7) is 0. The zero-order chi connectivity index (χ0) is 21.3. The number of nitrogens with zero attached hydrogens (tertiary/aromatic N) is 3. The van der Waals surface area contributed by atoms with E-state index in [2.05, 4.69) is 10.1 Å². The SMILES string of the molecule is C.CS(=O)(=O)c1ccc(-n2ncc(C(=O)c3cccc(-c4cccnc4)c3)c2N)cc1. The van der Waals surface area contributed by atoms with Crippen molar-refractivity contribution in [3.05, 3.63) is 90.4 Å². The lowest BCUT2D eigenvalue weighted by Gasteiger charge is -2.07. The summed E-state index contributed by atoms with van der Waals surface area (Å²) in [5.74, 6) is -0.0730. The van der Waals surface area contributed by atoms with Gasteiger partial charge >= 0.3 is 0 Å². The van der Waals surface area contributed by atoms with Crippen LogP contribution in [0.5, 0.6) is 0 Å². The summed E-state index contributed by atoms with van der Waals surface area (Å²) in [5.41, 5.74) is 9.28. The van der Waals surface area contributed by atoms with Gasteiger partial charge in [0.2, 0.25) is 0 Å². The average Bonchev–Trinajstić information content (AvgIpc) is 3.14. The van der Waals surface area contributed by atoms with E-state index in [0.29, 0.717) is 11.3 Å². The van der Waals surface area contributed by atoms with Crippen molar-refractivity contribution in [1.29, 1.82) is 0 Å². The van der Waals surface area contributed by atoms with Gasteiger partial charge in [0.05, 0.1) is 22.3 Å². The summed E-state index contributed by atoms with van der Waals surface area (Å²) in [4.78, 5) is 17.4. The second-order valence-electron chi connectivity index (χ2n) is 6.77. The van der Waals surface area contributed by atoms with Gasteiger partial charge < -0.3 is 5.73 Å². The molecule has 7 nitrogen and oxygen atoms in total. The molecule has 0 saturated carbocycles. The predicted octanol–water partition coefficient (Wildman–Crippen LogP) is 3.79. The number of sulfone groups is 1. The largest absolute Gasteiger partial charge is 0.383 e. The van der Waals surface area contributed by atoms with Crippen LogP contribution in [0.3, 0.4) is 0 Å². The number of benzene rings is 2. The number of rotatable bonds is 5. The van der Waals surface area contributed by atoms with Gasteiger partial charge in [0.15, 0.2) is 15.6 Å². The van der Waals surface area contributed by atoms with Crippen molar-refractivity contribution in [2.45, 2.75) is 12.3 Å². The van der Waals surface area contributed by atoms with Gasteiger partial charge in [-0.1, -0.05) is 31.7 Å². The first kappa shape index (κ1) is 21.9. The Bertz CT molecular complexity index is 1330. The van der Waals surface area contributed by atoms with Crippen molar-refractivity contribution in [1.82, 2.24) is 14.8 Å². The molecule has 0 atom stereocenters. The smallest absolute Gasteiger partial charge is 0.198 e. The predicted molar refractivity (Wildman–Crippen MR) is 121 cm³/mol. The lowest BCUT2D eigenvalue weighted by atomic mass is 10.00. The highest BCUT2D eigenvalue weighted by Gasteiger charge is 2.18. The van der Waals surface area contributed by atoms with Crippen LogP contribution in [0.1, 0.15) is 23.3 Å². The molecular weight excluding hydrogens is 412 g/mol. The summed E-state index contributed by atoms with van der Waals surface area (Å²) in [6.07, 6.45) is 5.98. The van der Waals surface area contributed by atoms with Crippen LogP contribution >= 0.6 is 0 Å². The maximum atomic E-state index is 13.1. The third-order valence-electron chi connectivity index (χ3n) is 4.68. The fourth-order valence-corrected chi connectivity index (χ4v) is 3.73. The Morgan fingerprint density at radius 2 is 1.68 bits per heavy atom. The van der Waals surface area contributed by atoms with Gasteiger partial charge in [-0.3, -0.25) is 9.78 Å². The van der Waals surface area contributed by atoms with Crippen molar-refractivity contribution in [3.63, 3.8) is 0 Å². The van der Waals surface area contributed by atoms with Gasteiger partial charge in [0, 0.05) is 29.8 Å². The molecule has 0 aliphatic rings. The Kier molecular flexibility index (Phi) is 6.03. The topological polar surface area (TPSA) is 108 Å². The summed E-state index contributed by atoms with van der Waals surface area (Å²) < 4.78 is 24.7. The highest BCUT2D eigenvalue weighted by atomic mass is 32.2. The monoisotopic (exact) mass is 434 g/mol. The van der Waals surface area contributed by atoms with E-state index in [9.17, 15) is 13.2 Å². The molecule has 4 aromatic rings. The van der Waals surface area contributed by atoms with Gasteiger partial charge in [-0.2, -0.15) is 5.10 Å². The second-order valence-corrected chi connectivity index (χ2v) is 8.79. The average molecular weight is 435 g/mol. The van der Waals surface area contributed by atoms with E-state index in [4.69, 9.17) is 5.73 Å². The number of pyridine rings is 1. The number of hydrogen-bond donors (Lipinski definition) is 1. The Morgan fingerprint density at radius 1 is 0.968 bits per heavy atom. The molecule has 0 radical (unpaired) electrons. The minimum absolute atomic E-state index is 0. The molecule has 0 unspecified atom stereocenters. The first-order valence-electron chi connectivity index (χ1n) is 9.04. The fourth-order valence-electron chi connectivity index (χ4n) is 3.10. The van der Waals surface area contributed by atoms with Crippen LogP contribution in [0.15, 0.2) is 84.1 Å². The van der Waals surface area contributed by atoms with Gasteiger partial charge in [0.1, 0.15) is 5.82 Å². The van der Waals surface area contributed by atoms with Crippen molar-refractivity contribution in [2.24, 2.45) is 0 Å². The van der Waals surface area contributed by atoms with E-state index in [1.807, 2.05) is 18.2 Å². The van der Waals surface area contributed by atoms with Crippen LogP contribution in [0.4, 0.5) is 5.82 Å². The van der Waals surface area contributed by atoms with Gasteiger partial charge in [0.25, 0.3) is 0 Å². The van der Waals surface area contributed by atoms with Crippen LogP contribution in [0.2, 0.25) is 0 Å². The number of anilines is 1. The maximum absolute atomic E-state index is 13.1. The number of carbonyl (C=O) groups excluding carboxylic acids is 1. The molecule has 2 N–H and O–H groups in total. The number of aromatic nitrogens is 3. The minimum Gasteiger partial charge on any atom is -0.383 e. The van der Waals surface area contributed by atoms with E-state index >= 15 is 0 Å². The van der Waals surface area contributed by atoms with Crippen molar-refractivity contribution in [3.8, 4) is 16.8 Å². The number of nitrogens with two attached hydrogens (primary N) is 1. The van der Waals surface area contributed by atoms with Crippen molar-refractivity contribution >= 4 is 21.4 Å². The van der Waals surface area contributed by atoms with Crippen LogP contribution in [-0.4, -0.2) is 35.2 Å². The summed E-state index contributed by atoms with van der Waals surface area (Å²) >= 11 is 0. The van der Waals surface area contributed by atoms with Gasteiger partial charge in [-0.25, -0.2) is 13.1 Å². The third-order valence-corrected chi connectivity index (χ3v) is 5.81. The standard InChI is InChI=1S/C22H18N4O3S.CH4/c1-30(28,29)19-9-7-18(8-10-19)26-22(23)20(14-25-26)21(27)16-5-2-4-15(12-16)17-6-3-11-24-13-17;/h2-14H,23H2,1H3;1H4. The highest BCUT2D eigenvalue weighted by Crippen LogP contribution is 2.24. The Labute approximate surface area is 181 Å². The molecule has 4 rings (SSSR count). The molecule has 2 aromatic heterocycles. The first-order valence-corrected chi connectivity index (χ1v) is 10.9. The molecular formula is C23H22N4O3S. The van der Waals surface area contributed by atoms with E-state index in [0.717, 1.165) is 17.4 Å². The second kappa shape index (κ2) is 8.53. The fraction of sp³-hybridized carbons (Fsp3) is 0.0870. The Hall–Kier alpha value is -3.78. The van der Waals surface area contributed by atoms with Crippen molar-refractivity contribution < 1.29 is 13.2 Å². The number of nitrogen functional groups attached to an aromatic ring is 1. The lowest BCUT2D eigenvalue weighted by Crippen LogP contribution is -2.07. The molecule has 0 aliphatic carbocycles. The highest BCUT2D eigenvalue weighted by molar-refractivity contribution is 7.90. The molecule has 0 fully saturated rings. The van der Waals surface area contributed by atoms with E-state index < -0.39 is 9.84 Å². The maximum Gasteiger partial charge on any atom is 0.198 e. The zero-order valence-electron chi connectivity index (χ0n) is 16.1. The van der Waals surface area contributed by atoms with Crippen LogP contribution in [0, 0.1) is 0 Å². The zero-order valence-corrected chi connectivity index (χ0v) is 16.9. The van der Waals surface area contributed by atoms with Gasteiger partial charge in [-0.15, -0.1) is 0 Å². The number of hydrogen-bond acceptors (Lipinski definition) is 6. The minimum atomic E-state index is -3.30. The molecule has 8 heteroatoms. The van der Waals surface area contributed by atoms with Crippen LogP contribution in [0.25, 0.3) is 16.8 Å². The first-order chi connectivity index (χ1) is 14.3. The summed E-state index contributed by atoms with van der Waals surface area (Å²) in [5, 5.41) is 4.22. The molecule has 2 heterocycles. The summed E-state index contributed by atoms with van der Waals surface area (Å²) in [6, 6.07) is 17.1. The molecule has 158 valence electrons.